The third-order valence-electron chi connectivity index (χ3n) is 2.12. The molecule has 2 aromatic rings. The zero-order valence-electron chi connectivity index (χ0n) is 9.71. The molecule has 0 unspecified atom stereocenters. The van der Waals surface area contributed by atoms with Crippen molar-refractivity contribution in [1.82, 2.24) is 10.2 Å². The molecule has 1 aromatic carbocycles. The zero-order chi connectivity index (χ0) is 13.1. The lowest BCUT2D eigenvalue weighted by Gasteiger charge is -2.07. The number of aromatic carboxylic acids is 1. The average molecular weight is 266 g/mol. The number of rotatable bonds is 4. The summed E-state index contributed by atoms with van der Waals surface area (Å²) in [6, 6.07) is 4.54. The Morgan fingerprint density at radius 2 is 2.17 bits per heavy atom. The molecule has 1 N–H and O–H groups in total. The lowest BCUT2D eigenvalue weighted by Crippen LogP contribution is -2.00. The van der Waals surface area contributed by atoms with Gasteiger partial charge in [-0.25, -0.2) is 4.79 Å². The third kappa shape index (κ3) is 2.57. The fraction of sp³-hybridized carbons (Fsp3) is 0.182. The van der Waals surface area contributed by atoms with Gasteiger partial charge in [-0.1, -0.05) is 16.4 Å². The number of aryl methyl sites for hydroxylation is 1. The van der Waals surface area contributed by atoms with Crippen LogP contribution >= 0.6 is 11.3 Å². The second kappa shape index (κ2) is 5.01. The number of hydrogen-bond acceptors (Lipinski definition) is 6. The summed E-state index contributed by atoms with van der Waals surface area (Å²) < 4.78 is 10.4. The molecule has 0 aliphatic heterocycles. The maximum atomic E-state index is 11.1. The molecular weight excluding hydrogens is 256 g/mol. The maximum Gasteiger partial charge on any atom is 0.339 e. The summed E-state index contributed by atoms with van der Waals surface area (Å²) in [5, 5.41) is 17.7. The summed E-state index contributed by atoms with van der Waals surface area (Å²) >= 11 is 1.24. The Hall–Kier alpha value is -2.15. The van der Waals surface area contributed by atoms with Crippen molar-refractivity contribution in [2.45, 2.75) is 6.92 Å². The molecule has 7 heteroatoms. The Morgan fingerprint density at radius 1 is 1.39 bits per heavy atom. The van der Waals surface area contributed by atoms with Gasteiger partial charge in [0.1, 0.15) is 22.1 Å². The van der Waals surface area contributed by atoms with Crippen LogP contribution in [0.3, 0.4) is 0 Å². The molecule has 0 atom stereocenters. The number of nitrogens with zero attached hydrogens (tertiary/aromatic N) is 2. The van der Waals surface area contributed by atoms with Gasteiger partial charge in [-0.3, -0.25) is 0 Å². The summed E-state index contributed by atoms with van der Waals surface area (Å²) in [6.45, 7) is 1.79. The third-order valence-corrected chi connectivity index (χ3v) is 2.84. The Balaban J connectivity index is 2.34. The van der Waals surface area contributed by atoms with Gasteiger partial charge in [0.2, 0.25) is 0 Å². The van der Waals surface area contributed by atoms with Crippen LogP contribution < -0.4 is 9.47 Å². The Bertz CT molecular complexity index is 582. The summed E-state index contributed by atoms with van der Waals surface area (Å²) in [7, 11) is 1.47. The van der Waals surface area contributed by atoms with Crippen molar-refractivity contribution in [3.05, 3.63) is 28.8 Å². The van der Waals surface area contributed by atoms with Gasteiger partial charge < -0.3 is 14.6 Å². The molecule has 0 radical (unpaired) electrons. The van der Waals surface area contributed by atoms with E-state index in [2.05, 4.69) is 10.2 Å². The second-order valence-electron chi connectivity index (χ2n) is 3.36. The molecule has 0 amide bonds. The van der Waals surface area contributed by atoms with E-state index in [0.29, 0.717) is 10.9 Å². The van der Waals surface area contributed by atoms with Crippen molar-refractivity contribution in [3.8, 4) is 16.7 Å². The molecule has 2 rings (SSSR count). The second-order valence-corrected chi connectivity index (χ2v) is 4.50. The minimum atomic E-state index is -1.09. The molecule has 0 saturated carbocycles. The topological polar surface area (TPSA) is 81.5 Å². The number of carbonyl (C=O) groups is 1. The van der Waals surface area contributed by atoms with Gasteiger partial charge in [-0.05, 0) is 25.1 Å². The van der Waals surface area contributed by atoms with E-state index < -0.39 is 5.97 Å². The van der Waals surface area contributed by atoms with Crippen LogP contribution in [0.4, 0.5) is 0 Å². The van der Waals surface area contributed by atoms with E-state index in [1.54, 1.807) is 13.0 Å². The highest BCUT2D eigenvalue weighted by molar-refractivity contribution is 7.13. The van der Waals surface area contributed by atoms with Gasteiger partial charge in [-0.2, -0.15) is 0 Å². The number of aromatic nitrogens is 2. The predicted molar refractivity (Wildman–Crippen MR) is 64.7 cm³/mol. The quantitative estimate of drug-likeness (QED) is 0.914. The van der Waals surface area contributed by atoms with E-state index in [9.17, 15) is 4.79 Å². The molecule has 94 valence electrons. The first-order chi connectivity index (χ1) is 8.60. The molecule has 0 fully saturated rings. The molecule has 0 aliphatic rings. The molecule has 1 heterocycles. The highest BCUT2D eigenvalue weighted by Crippen LogP contribution is 2.30. The normalized spacial score (nSPS) is 10.1. The van der Waals surface area contributed by atoms with Crippen molar-refractivity contribution in [1.29, 1.82) is 0 Å². The molecule has 18 heavy (non-hydrogen) atoms. The Morgan fingerprint density at radius 3 is 2.72 bits per heavy atom. The van der Waals surface area contributed by atoms with Crippen LogP contribution in [0.25, 0.3) is 0 Å². The molecule has 0 aliphatic carbocycles. The lowest BCUT2D eigenvalue weighted by molar-refractivity contribution is 0.0693. The number of ether oxygens (including phenoxy) is 2. The monoisotopic (exact) mass is 266 g/mol. The number of methoxy groups -OCH3 is 1. The highest BCUT2D eigenvalue weighted by Gasteiger charge is 2.15. The lowest BCUT2D eigenvalue weighted by atomic mass is 10.2. The van der Waals surface area contributed by atoms with Crippen LogP contribution in [-0.2, 0) is 0 Å². The first-order valence-electron chi connectivity index (χ1n) is 4.99. The predicted octanol–water partition coefficient (Wildman–Crippen LogP) is 2.35. The van der Waals surface area contributed by atoms with Crippen molar-refractivity contribution < 1.29 is 19.4 Å². The molecule has 1 aromatic heterocycles. The largest absolute Gasteiger partial charge is 0.497 e. The maximum absolute atomic E-state index is 11.1. The van der Waals surface area contributed by atoms with Gasteiger partial charge >= 0.3 is 5.97 Å². The SMILES string of the molecule is COc1ccc(Oc2nnc(C)s2)c(C(=O)O)c1. The van der Waals surface area contributed by atoms with E-state index in [0.717, 1.165) is 5.01 Å². The van der Waals surface area contributed by atoms with E-state index in [1.807, 2.05) is 0 Å². The van der Waals surface area contributed by atoms with Crippen LogP contribution in [0.2, 0.25) is 0 Å². The van der Waals surface area contributed by atoms with Crippen LogP contribution in [0.15, 0.2) is 18.2 Å². The molecule has 0 saturated heterocycles. The number of carboxylic acid groups (broad SMARTS) is 1. The Kier molecular flexibility index (Phi) is 3.42. The van der Waals surface area contributed by atoms with Crippen LogP contribution in [0, 0.1) is 6.92 Å². The zero-order valence-corrected chi connectivity index (χ0v) is 10.5. The van der Waals surface area contributed by atoms with Gasteiger partial charge in [-0.15, -0.1) is 5.10 Å². The standard InChI is InChI=1S/C11H10N2O4S/c1-6-12-13-11(18-6)17-9-4-3-7(16-2)5-8(9)10(14)15/h3-5H,1-2H3,(H,14,15). The van der Waals surface area contributed by atoms with Crippen molar-refractivity contribution in [2.75, 3.05) is 7.11 Å². The van der Waals surface area contributed by atoms with E-state index >= 15 is 0 Å². The van der Waals surface area contributed by atoms with Gasteiger partial charge in [0.05, 0.1) is 7.11 Å². The molecule has 6 nitrogen and oxygen atoms in total. The van der Waals surface area contributed by atoms with Crippen molar-refractivity contribution >= 4 is 17.3 Å². The molecular formula is C11H10N2O4S. The Labute approximate surface area is 107 Å². The summed E-state index contributed by atoms with van der Waals surface area (Å²) in [5.41, 5.74) is 0.0159. The fourth-order valence-electron chi connectivity index (χ4n) is 1.31. The average Bonchev–Trinajstić information content (AvgIpc) is 2.75. The minimum absolute atomic E-state index is 0.0159. The smallest absolute Gasteiger partial charge is 0.339 e. The van der Waals surface area contributed by atoms with Crippen LogP contribution in [-0.4, -0.2) is 28.4 Å². The number of benzene rings is 1. The number of carboxylic acids is 1. The van der Waals surface area contributed by atoms with Gasteiger partial charge in [0.25, 0.3) is 5.19 Å². The minimum Gasteiger partial charge on any atom is -0.497 e. The van der Waals surface area contributed by atoms with E-state index in [4.69, 9.17) is 14.6 Å². The first kappa shape index (κ1) is 12.3. The summed E-state index contributed by atoms with van der Waals surface area (Å²) in [6.07, 6.45) is 0. The van der Waals surface area contributed by atoms with Gasteiger partial charge in [0.15, 0.2) is 0 Å². The van der Waals surface area contributed by atoms with Crippen molar-refractivity contribution in [3.63, 3.8) is 0 Å². The molecule has 0 spiro atoms. The van der Waals surface area contributed by atoms with E-state index in [-0.39, 0.29) is 11.3 Å². The highest BCUT2D eigenvalue weighted by atomic mass is 32.1. The molecule has 0 bridgehead atoms. The van der Waals surface area contributed by atoms with Gasteiger partial charge in [0, 0.05) is 0 Å². The summed E-state index contributed by atoms with van der Waals surface area (Å²) in [5.74, 6) is -0.433. The summed E-state index contributed by atoms with van der Waals surface area (Å²) in [4.78, 5) is 11.1. The fourth-order valence-corrected chi connectivity index (χ4v) is 1.85. The number of hydrogen-bond donors (Lipinski definition) is 1. The van der Waals surface area contributed by atoms with Crippen LogP contribution in [0.1, 0.15) is 15.4 Å². The van der Waals surface area contributed by atoms with Crippen LogP contribution in [0.5, 0.6) is 16.7 Å². The first-order valence-corrected chi connectivity index (χ1v) is 5.81. The van der Waals surface area contributed by atoms with E-state index in [1.165, 1.54) is 30.6 Å². The van der Waals surface area contributed by atoms with Crippen molar-refractivity contribution in [2.24, 2.45) is 0 Å².